The second-order valence-electron chi connectivity index (χ2n) is 5.23. The van der Waals surface area contributed by atoms with Gasteiger partial charge < -0.3 is 14.6 Å². The highest BCUT2D eigenvalue weighted by atomic mass is 19.1. The van der Waals surface area contributed by atoms with Crippen molar-refractivity contribution in [3.63, 3.8) is 0 Å². The lowest BCUT2D eigenvalue weighted by Crippen LogP contribution is -2.61. The minimum absolute atomic E-state index is 0.298. The van der Waals surface area contributed by atoms with Crippen LogP contribution >= 0.6 is 0 Å². The van der Waals surface area contributed by atoms with Crippen molar-refractivity contribution in [1.82, 2.24) is 4.90 Å². The molecule has 0 amide bonds. The summed E-state index contributed by atoms with van der Waals surface area (Å²) in [6.45, 7) is 3.34. The second kappa shape index (κ2) is 5.76. The number of hydrogen-bond donors (Lipinski definition) is 1. The van der Waals surface area contributed by atoms with E-state index in [1.54, 1.807) is 13.2 Å². The fraction of sp³-hybridized carbons (Fsp3) is 0.500. The van der Waals surface area contributed by atoms with Crippen LogP contribution in [0.25, 0.3) is 0 Å². The first-order valence-electron chi connectivity index (χ1n) is 6.32. The number of hydrogen-bond acceptors (Lipinski definition) is 4. The van der Waals surface area contributed by atoms with Crippen LogP contribution in [0, 0.1) is 5.82 Å². The van der Waals surface area contributed by atoms with Gasteiger partial charge in [-0.3, -0.25) is 4.90 Å². The van der Waals surface area contributed by atoms with Gasteiger partial charge in [0.15, 0.2) is 0 Å². The van der Waals surface area contributed by atoms with Crippen molar-refractivity contribution >= 4 is 5.97 Å². The van der Waals surface area contributed by atoms with E-state index in [-0.39, 0.29) is 12.4 Å². The van der Waals surface area contributed by atoms with Gasteiger partial charge in [0.1, 0.15) is 18.2 Å². The molecule has 1 aromatic rings. The van der Waals surface area contributed by atoms with Crippen LogP contribution in [0.15, 0.2) is 18.2 Å². The number of carboxylic acids is 1. The third-order valence-electron chi connectivity index (χ3n) is 3.30. The predicted molar refractivity (Wildman–Crippen MR) is 70.2 cm³/mol. The maximum absolute atomic E-state index is 13.3. The van der Waals surface area contributed by atoms with E-state index < -0.39 is 11.6 Å². The zero-order valence-electron chi connectivity index (χ0n) is 11.6. The van der Waals surface area contributed by atoms with Crippen molar-refractivity contribution in [2.75, 3.05) is 26.8 Å². The molecule has 0 atom stereocenters. The molecule has 1 aliphatic heterocycles. The van der Waals surface area contributed by atoms with Crippen LogP contribution in [-0.4, -0.2) is 48.4 Å². The molecule has 1 saturated heterocycles. The van der Waals surface area contributed by atoms with Crippen molar-refractivity contribution in [3.05, 3.63) is 29.6 Å². The quantitative estimate of drug-likeness (QED) is 0.857. The molecular weight excluding hydrogens is 265 g/mol. The average molecular weight is 283 g/mol. The van der Waals surface area contributed by atoms with Crippen molar-refractivity contribution in [2.24, 2.45) is 0 Å². The Balaban J connectivity index is 1.91. The molecule has 0 radical (unpaired) electrons. The lowest BCUT2D eigenvalue weighted by atomic mass is 9.95. The van der Waals surface area contributed by atoms with Gasteiger partial charge in [0.2, 0.25) is 0 Å². The highest BCUT2D eigenvalue weighted by molar-refractivity contribution is 5.68. The van der Waals surface area contributed by atoms with Gasteiger partial charge in [0, 0.05) is 25.2 Å². The number of carboxylic acid groups (broad SMARTS) is 1. The largest absolute Gasteiger partial charge is 0.496 e. The van der Waals surface area contributed by atoms with Gasteiger partial charge in [0.25, 0.3) is 0 Å². The van der Waals surface area contributed by atoms with E-state index in [0.717, 1.165) is 5.56 Å². The maximum Gasteiger partial charge on any atom is 0.329 e. The maximum atomic E-state index is 13.3. The Morgan fingerprint density at radius 3 is 2.80 bits per heavy atom. The molecule has 2 rings (SSSR count). The van der Waals surface area contributed by atoms with Crippen LogP contribution in [0.1, 0.15) is 12.5 Å². The molecule has 5 nitrogen and oxygen atoms in total. The number of halogens is 1. The summed E-state index contributed by atoms with van der Waals surface area (Å²) in [6, 6.07) is 4.41. The van der Waals surface area contributed by atoms with Gasteiger partial charge >= 0.3 is 5.97 Å². The molecule has 1 aliphatic rings. The molecule has 1 fully saturated rings. The van der Waals surface area contributed by atoms with Crippen LogP contribution in [-0.2, 0) is 16.1 Å². The first-order chi connectivity index (χ1) is 9.42. The number of aliphatic carboxylic acids is 1. The van der Waals surface area contributed by atoms with Crippen LogP contribution in [0.2, 0.25) is 0 Å². The third-order valence-corrected chi connectivity index (χ3v) is 3.30. The number of benzene rings is 1. The molecule has 1 heterocycles. The highest BCUT2D eigenvalue weighted by Gasteiger charge is 2.40. The summed E-state index contributed by atoms with van der Waals surface area (Å²) in [7, 11) is 1.55. The van der Waals surface area contributed by atoms with E-state index in [1.165, 1.54) is 12.1 Å². The Labute approximate surface area is 116 Å². The minimum atomic E-state index is -0.975. The molecule has 1 N–H and O–H groups in total. The van der Waals surface area contributed by atoms with Crippen LogP contribution < -0.4 is 4.74 Å². The molecule has 1 aromatic carbocycles. The topological polar surface area (TPSA) is 59.0 Å². The van der Waals surface area contributed by atoms with Gasteiger partial charge in [-0.2, -0.15) is 0 Å². The van der Waals surface area contributed by atoms with Crippen molar-refractivity contribution < 1.29 is 23.8 Å². The molecule has 20 heavy (non-hydrogen) atoms. The predicted octanol–water partition coefficient (Wildman–Crippen LogP) is 1.51. The number of carbonyl (C=O) groups is 1. The molecule has 0 saturated carbocycles. The summed E-state index contributed by atoms with van der Waals surface area (Å²) in [6.07, 6.45) is 0. The molecule has 6 heteroatoms. The fourth-order valence-corrected chi connectivity index (χ4v) is 2.45. The Hall–Kier alpha value is -1.66. The normalized spacial score (nSPS) is 17.6. The first-order valence-corrected chi connectivity index (χ1v) is 6.32. The molecule has 0 aromatic heterocycles. The van der Waals surface area contributed by atoms with Gasteiger partial charge in [-0.1, -0.05) is 0 Å². The van der Waals surface area contributed by atoms with Crippen molar-refractivity contribution in [2.45, 2.75) is 19.1 Å². The van der Waals surface area contributed by atoms with E-state index in [9.17, 15) is 9.18 Å². The smallest absolute Gasteiger partial charge is 0.329 e. The van der Waals surface area contributed by atoms with E-state index in [1.807, 2.05) is 6.92 Å². The summed E-state index contributed by atoms with van der Waals surface area (Å²) in [5.74, 6) is -0.630. The summed E-state index contributed by atoms with van der Waals surface area (Å²) in [5.41, 5.74) is 0.326. The van der Waals surface area contributed by atoms with Crippen molar-refractivity contribution in [3.8, 4) is 5.75 Å². The van der Waals surface area contributed by atoms with E-state index in [4.69, 9.17) is 14.6 Å². The average Bonchev–Trinajstić information content (AvgIpc) is 2.35. The fourth-order valence-electron chi connectivity index (χ4n) is 2.45. The third kappa shape index (κ3) is 3.46. The summed E-state index contributed by atoms with van der Waals surface area (Å²) in [5, 5.41) is 8.60. The van der Waals surface area contributed by atoms with Gasteiger partial charge in [-0.05, 0) is 25.1 Å². The van der Waals surface area contributed by atoms with Crippen LogP contribution in [0.4, 0.5) is 4.39 Å². The molecule has 0 spiro atoms. The highest BCUT2D eigenvalue weighted by Crippen LogP contribution is 2.29. The Morgan fingerprint density at radius 1 is 1.50 bits per heavy atom. The minimum Gasteiger partial charge on any atom is -0.496 e. The number of rotatable bonds is 6. The lowest BCUT2D eigenvalue weighted by Gasteiger charge is -2.47. The van der Waals surface area contributed by atoms with E-state index in [2.05, 4.69) is 4.90 Å². The standard InChI is InChI=1S/C14H18FNO4/c1-14(20-7-13(17)18)8-16(9-14)6-10-5-11(15)3-4-12(10)19-2/h3-5H,6-9H2,1-2H3,(H,17,18). The lowest BCUT2D eigenvalue weighted by molar-refractivity contribution is -0.165. The SMILES string of the molecule is COc1ccc(F)cc1CN1CC(C)(OCC(=O)O)C1. The number of methoxy groups -OCH3 is 1. The zero-order chi connectivity index (χ0) is 14.8. The molecule has 110 valence electrons. The number of nitrogens with zero attached hydrogens (tertiary/aromatic N) is 1. The first kappa shape index (κ1) is 14.7. The molecule has 0 unspecified atom stereocenters. The Kier molecular flexibility index (Phi) is 4.25. The van der Waals surface area contributed by atoms with Gasteiger partial charge in [-0.15, -0.1) is 0 Å². The Morgan fingerprint density at radius 2 is 2.20 bits per heavy atom. The van der Waals surface area contributed by atoms with Gasteiger partial charge in [0.05, 0.1) is 12.7 Å². The molecule has 0 bridgehead atoms. The monoisotopic (exact) mass is 283 g/mol. The second-order valence-corrected chi connectivity index (χ2v) is 5.23. The summed E-state index contributed by atoms with van der Waals surface area (Å²) < 4.78 is 23.8. The molecule has 0 aliphatic carbocycles. The van der Waals surface area contributed by atoms with Gasteiger partial charge in [-0.25, -0.2) is 9.18 Å². The van der Waals surface area contributed by atoms with Crippen molar-refractivity contribution in [1.29, 1.82) is 0 Å². The van der Waals surface area contributed by atoms with Crippen LogP contribution in [0.5, 0.6) is 5.75 Å². The Bertz CT molecular complexity index is 500. The summed E-state index contributed by atoms with van der Waals surface area (Å²) >= 11 is 0. The molecular formula is C14H18FNO4. The van der Waals surface area contributed by atoms with E-state index in [0.29, 0.717) is 25.4 Å². The zero-order valence-corrected chi connectivity index (χ0v) is 11.6. The number of ether oxygens (including phenoxy) is 2. The summed E-state index contributed by atoms with van der Waals surface area (Å²) in [4.78, 5) is 12.5. The number of likely N-dealkylation sites (tertiary alicyclic amines) is 1. The van der Waals surface area contributed by atoms with Crippen LogP contribution in [0.3, 0.4) is 0 Å². The van der Waals surface area contributed by atoms with E-state index >= 15 is 0 Å².